The molecule has 17 nitrogen and oxygen atoms in total. The van der Waals surface area contributed by atoms with E-state index >= 15 is 0 Å². The van der Waals surface area contributed by atoms with Gasteiger partial charge in [0, 0.05) is 197 Å². The van der Waals surface area contributed by atoms with Crippen molar-refractivity contribution in [1.82, 2.24) is 105 Å². The van der Waals surface area contributed by atoms with Crippen molar-refractivity contribution in [3.63, 3.8) is 0 Å². The van der Waals surface area contributed by atoms with Crippen molar-refractivity contribution < 1.29 is 39.0 Å². The van der Waals surface area contributed by atoms with Gasteiger partial charge >= 0.3 is 0 Å². The van der Waals surface area contributed by atoms with Crippen molar-refractivity contribution in [2.75, 3.05) is 0 Å². The monoisotopic (exact) mass is 1080 g/mol. The Morgan fingerprint density at radius 2 is 0.107 bits per heavy atom. The van der Waals surface area contributed by atoms with E-state index in [1.54, 1.807) is 0 Å². The Morgan fingerprint density at radius 1 is 0.107 bits per heavy atom. The van der Waals surface area contributed by atoms with Gasteiger partial charge in [-0.2, -0.15) is 0 Å². The van der Waals surface area contributed by atoms with Gasteiger partial charge in [-0.1, -0.05) is 0 Å². The van der Waals surface area contributed by atoms with Gasteiger partial charge in [-0.3, -0.25) is 0 Å². The van der Waals surface area contributed by atoms with Crippen LogP contribution in [0, 0.1) is 0 Å². The topological polar surface area (TPSA) is 595 Å². The maximum Gasteiger partial charge on any atom is 0 e. The molecule has 0 saturated heterocycles. The Kier molecular flexibility index (Phi) is 45700. The van der Waals surface area contributed by atoms with E-state index < -0.39 is 0 Å². The first-order valence-electron chi connectivity index (χ1n) is 0. The van der Waals surface area contributed by atoms with E-state index in [1.165, 1.54) is 0 Å². The van der Waals surface area contributed by atoms with Gasteiger partial charge < -0.3 is 105 Å². The molecule has 0 bridgehead atoms. The fourth-order valence-corrected chi connectivity index (χ4v) is 0. The number of hydrogen-bond donors (Lipinski definition) is 17. The molecule has 0 rings (SSSR count). The largest absolute Gasteiger partial charge is 0.344 e. The summed E-state index contributed by atoms with van der Waals surface area (Å²) >= 11 is 0. The van der Waals surface area contributed by atoms with Crippen molar-refractivity contribution in [3.05, 3.63) is 0 Å². The van der Waals surface area contributed by atoms with Crippen molar-refractivity contribution in [2.45, 2.75) is 0 Å². The van der Waals surface area contributed by atoms with Crippen molar-refractivity contribution >= 4 is 158 Å². The predicted molar refractivity (Wildman–Crippen MR) is 137 cm³/mol. The molecule has 0 fully saturated rings. The summed E-state index contributed by atoms with van der Waals surface area (Å²) in [6, 6.07) is 0. The third-order valence-corrected chi connectivity index (χ3v) is 0. The molecule has 0 atom stereocenters. The number of hydrogen-bond acceptors (Lipinski definition) is 17. The minimum atomic E-state index is 0. The summed E-state index contributed by atoms with van der Waals surface area (Å²) in [5, 5.41) is 0. The molecule has 0 spiro atoms. The van der Waals surface area contributed by atoms with Gasteiger partial charge in [-0.05, 0) is 0 Å². The molecule has 0 unspecified atom stereocenters. The first kappa shape index (κ1) is 1190. The minimum absolute atomic E-state index is 0. The Bertz CT molecular complexity index is 34.6. The van der Waals surface area contributed by atoms with Crippen LogP contribution in [0.3, 0.4) is 0 Å². The Morgan fingerprint density at radius 3 is 0.107 bits per heavy atom. The summed E-state index contributed by atoms with van der Waals surface area (Å²) in [4.78, 5) is 0. The van der Waals surface area contributed by atoms with E-state index in [1.807, 2.05) is 0 Å². The molecule has 176 valence electrons. The van der Waals surface area contributed by atoms with Crippen LogP contribution in [-0.4, -0.2) is 158 Å². The van der Waals surface area contributed by atoms with Crippen molar-refractivity contribution in [3.8, 4) is 0 Å². The third-order valence-electron chi connectivity index (χ3n) is 0. The molecule has 28 heteroatoms. The summed E-state index contributed by atoms with van der Waals surface area (Å²) in [5.74, 6) is 0. The first-order valence-corrected chi connectivity index (χ1v) is 0. The van der Waals surface area contributed by atoms with Crippen LogP contribution in [0.25, 0.3) is 0 Å². The molecule has 28 heavy (non-hydrogen) atoms. The van der Waals surface area contributed by atoms with Gasteiger partial charge in [0.05, 0.1) is 0 Å². The average molecular weight is 1070 g/mol. The second kappa shape index (κ2) is 1080. The second-order valence-electron chi connectivity index (χ2n) is 0. The standard InChI is InChI=1S/9Ge.17H3N.2Zn/h;;;;;;;;;17*1H3;;. The smallest absolute Gasteiger partial charge is 0 e. The molecule has 0 aromatic carbocycles. The first-order chi connectivity index (χ1) is 0. The van der Waals surface area contributed by atoms with E-state index in [-0.39, 0.29) is 302 Å². The van der Waals surface area contributed by atoms with Crippen LogP contribution >= 0.6 is 0 Å². The maximum absolute atomic E-state index is 0. The average Bonchev–Trinajstić information content (AvgIpc) is 0. The van der Waals surface area contributed by atoms with Gasteiger partial charge in [0.15, 0.2) is 0 Å². The number of rotatable bonds is 0. The van der Waals surface area contributed by atoms with Crippen LogP contribution in [0.15, 0.2) is 0 Å². The molecule has 0 heterocycles. The zero-order valence-electron chi connectivity index (χ0n) is 17.9. The van der Waals surface area contributed by atoms with E-state index in [4.69, 9.17) is 0 Å². The van der Waals surface area contributed by atoms with Crippen LogP contribution in [0.2, 0.25) is 0 Å². The van der Waals surface area contributed by atoms with E-state index in [2.05, 4.69) is 0 Å². The molecule has 0 aromatic heterocycles. The quantitative estimate of drug-likeness (QED) is 0.134. The van der Waals surface area contributed by atoms with Crippen LogP contribution in [0.1, 0.15) is 0 Å². The summed E-state index contributed by atoms with van der Waals surface area (Å²) in [6.45, 7) is 0. The summed E-state index contributed by atoms with van der Waals surface area (Å²) in [6.07, 6.45) is 0. The molecule has 36 radical (unpaired) electrons. The molecule has 0 aliphatic heterocycles. The normalized spacial score (nSPS) is 0. The molecule has 0 aliphatic rings. The van der Waals surface area contributed by atoms with Gasteiger partial charge in [0.25, 0.3) is 0 Å². The van der Waals surface area contributed by atoms with Gasteiger partial charge in [0.2, 0.25) is 0 Å². The fourth-order valence-electron chi connectivity index (χ4n) is 0. The van der Waals surface area contributed by atoms with Gasteiger partial charge in [0.1, 0.15) is 0 Å². The van der Waals surface area contributed by atoms with Crippen LogP contribution in [0.5, 0.6) is 0 Å². The molecule has 0 aromatic rings. The van der Waals surface area contributed by atoms with Crippen LogP contribution in [0.4, 0.5) is 0 Å². The van der Waals surface area contributed by atoms with E-state index in [0.29, 0.717) is 0 Å². The maximum atomic E-state index is 0. The SMILES string of the molecule is N.N.N.N.N.N.N.N.N.N.N.N.N.N.N.N.N.[Ge].[Ge].[Ge].[Ge].[Ge].[Ge].[Ge].[Ge].[Ge].[Zn].[Zn]. The second-order valence-corrected chi connectivity index (χ2v) is 0. The third kappa shape index (κ3) is 981. The molecule has 0 amide bonds. The molecular formula is H51Ge9N17Zn2. The fraction of sp³-hybridized carbons (Fsp3) is 0. The Labute approximate surface area is 297 Å². The summed E-state index contributed by atoms with van der Waals surface area (Å²) < 4.78 is 0. The zero-order chi connectivity index (χ0) is 0. The van der Waals surface area contributed by atoms with Crippen LogP contribution < -0.4 is 105 Å². The summed E-state index contributed by atoms with van der Waals surface area (Å²) in [7, 11) is 0. The zero-order valence-corrected chi connectivity index (χ0v) is 42.8. The van der Waals surface area contributed by atoms with Crippen LogP contribution in [-0.2, 0) is 39.0 Å². The molecule has 51 N–H and O–H groups in total. The Hall–Kier alpha value is 5.45. The predicted octanol–water partition coefficient (Wildman–Crippen LogP) is -0.678. The van der Waals surface area contributed by atoms with E-state index in [9.17, 15) is 0 Å². The molecular weight excluding hydrogens is 1020 g/mol. The van der Waals surface area contributed by atoms with E-state index in [0.717, 1.165) is 0 Å². The van der Waals surface area contributed by atoms with Crippen molar-refractivity contribution in [1.29, 1.82) is 0 Å². The van der Waals surface area contributed by atoms with Gasteiger partial charge in [-0.25, -0.2) is 0 Å². The minimum Gasteiger partial charge on any atom is -0.344 e. The van der Waals surface area contributed by atoms with Gasteiger partial charge in [-0.15, -0.1) is 0 Å². The summed E-state index contributed by atoms with van der Waals surface area (Å²) in [5.41, 5.74) is 0. The molecule has 0 aliphatic carbocycles. The van der Waals surface area contributed by atoms with Crippen molar-refractivity contribution in [2.24, 2.45) is 0 Å². The molecule has 0 saturated carbocycles. The Balaban J connectivity index is 0.